The highest BCUT2D eigenvalue weighted by atomic mass is 16.1. The fourth-order valence-electron chi connectivity index (χ4n) is 3.41. The van der Waals surface area contributed by atoms with Crippen molar-refractivity contribution < 1.29 is 4.79 Å². The maximum Gasteiger partial charge on any atom is 0.226 e. The van der Waals surface area contributed by atoms with Crippen molar-refractivity contribution in [3.63, 3.8) is 0 Å². The van der Waals surface area contributed by atoms with Crippen LogP contribution in [0.25, 0.3) is 0 Å². The van der Waals surface area contributed by atoms with Crippen molar-refractivity contribution in [2.24, 2.45) is 0 Å². The third-order valence-corrected chi connectivity index (χ3v) is 4.94. The van der Waals surface area contributed by atoms with E-state index >= 15 is 0 Å². The number of carbonyl (C=O) groups excluding carboxylic acids is 1. The van der Waals surface area contributed by atoms with Crippen molar-refractivity contribution in [2.75, 3.05) is 23.3 Å². The summed E-state index contributed by atoms with van der Waals surface area (Å²) in [4.78, 5) is 19.4. The summed E-state index contributed by atoms with van der Waals surface area (Å²) in [7, 11) is 0. The summed E-state index contributed by atoms with van der Waals surface area (Å²) in [5.41, 5.74) is 3.33. The summed E-state index contributed by atoms with van der Waals surface area (Å²) in [5.74, 6) is 0.555. The number of hydrogen-bond acceptors (Lipinski definition) is 3. The van der Waals surface area contributed by atoms with E-state index in [0.717, 1.165) is 29.9 Å². The Hall–Kier alpha value is -3.14. The Kier molecular flexibility index (Phi) is 6.79. The third-order valence-electron chi connectivity index (χ3n) is 4.94. The molecule has 0 fully saturated rings. The lowest BCUT2D eigenvalue weighted by Gasteiger charge is -2.21. The molecular formula is C24H27N3O. The lowest BCUT2D eigenvalue weighted by Crippen LogP contribution is -2.22. The first-order valence-electron chi connectivity index (χ1n) is 9.82. The molecule has 2 aromatic carbocycles. The molecule has 0 aliphatic heterocycles. The number of rotatable bonds is 8. The molecule has 4 nitrogen and oxygen atoms in total. The molecule has 0 aliphatic rings. The van der Waals surface area contributed by atoms with E-state index in [2.05, 4.69) is 53.3 Å². The van der Waals surface area contributed by atoms with Gasteiger partial charge in [-0.2, -0.15) is 0 Å². The highest BCUT2D eigenvalue weighted by molar-refractivity contribution is 5.90. The minimum absolute atomic E-state index is 0.0114. The van der Waals surface area contributed by atoms with Crippen LogP contribution in [0.2, 0.25) is 0 Å². The molecule has 0 saturated carbocycles. The Morgan fingerprint density at radius 2 is 1.46 bits per heavy atom. The molecule has 0 atom stereocenters. The second-order valence-electron chi connectivity index (χ2n) is 6.70. The van der Waals surface area contributed by atoms with E-state index in [9.17, 15) is 4.79 Å². The zero-order valence-corrected chi connectivity index (χ0v) is 16.5. The lowest BCUT2D eigenvalue weighted by molar-refractivity contribution is -0.116. The molecule has 1 aromatic heterocycles. The van der Waals surface area contributed by atoms with Gasteiger partial charge < -0.3 is 10.2 Å². The fourth-order valence-corrected chi connectivity index (χ4v) is 3.41. The van der Waals surface area contributed by atoms with Crippen LogP contribution in [0.1, 0.15) is 37.3 Å². The molecule has 144 valence electrons. The van der Waals surface area contributed by atoms with Crippen LogP contribution >= 0.6 is 0 Å². The molecule has 0 spiro atoms. The molecule has 28 heavy (non-hydrogen) atoms. The lowest BCUT2D eigenvalue weighted by atomic mass is 9.88. The number of amides is 1. The highest BCUT2D eigenvalue weighted by Gasteiger charge is 2.18. The van der Waals surface area contributed by atoms with E-state index in [1.165, 1.54) is 0 Å². The highest BCUT2D eigenvalue weighted by Crippen LogP contribution is 2.28. The molecular weight excluding hydrogens is 346 g/mol. The number of benzene rings is 2. The Labute approximate surface area is 167 Å². The molecule has 0 aliphatic carbocycles. The van der Waals surface area contributed by atoms with Gasteiger partial charge in [-0.3, -0.25) is 4.79 Å². The topological polar surface area (TPSA) is 45.2 Å². The predicted molar refractivity (Wildman–Crippen MR) is 116 cm³/mol. The van der Waals surface area contributed by atoms with E-state index in [4.69, 9.17) is 0 Å². The summed E-state index contributed by atoms with van der Waals surface area (Å²) < 4.78 is 0. The normalized spacial score (nSPS) is 10.7. The summed E-state index contributed by atoms with van der Waals surface area (Å²) in [5, 5.41) is 2.95. The molecule has 3 aromatic rings. The second-order valence-corrected chi connectivity index (χ2v) is 6.70. The van der Waals surface area contributed by atoms with Crippen LogP contribution in [0, 0.1) is 0 Å². The molecule has 1 heterocycles. The first kappa shape index (κ1) is 19.6. The summed E-state index contributed by atoms with van der Waals surface area (Å²) >= 11 is 0. The average molecular weight is 374 g/mol. The Morgan fingerprint density at radius 1 is 0.893 bits per heavy atom. The molecule has 0 bridgehead atoms. The van der Waals surface area contributed by atoms with Crippen LogP contribution in [0.15, 0.2) is 79.0 Å². The first-order valence-corrected chi connectivity index (χ1v) is 9.82. The van der Waals surface area contributed by atoms with Gasteiger partial charge in [-0.25, -0.2) is 4.98 Å². The van der Waals surface area contributed by atoms with Gasteiger partial charge >= 0.3 is 0 Å². The van der Waals surface area contributed by atoms with Crippen LogP contribution in [-0.2, 0) is 4.79 Å². The second kappa shape index (κ2) is 9.70. The van der Waals surface area contributed by atoms with Crippen LogP contribution in [-0.4, -0.2) is 24.0 Å². The van der Waals surface area contributed by atoms with Crippen molar-refractivity contribution in [3.05, 3.63) is 90.1 Å². The van der Waals surface area contributed by atoms with E-state index in [-0.39, 0.29) is 11.8 Å². The number of hydrogen-bond donors (Lipinski definition) is 1. The fraction of sp³-hybridized carbons (Fsp3) is 0.250. The van der Waals surface area contributed by atoms with Crippen molar-refractivity contribution in [2.45, 2.75) is 26.2 Å². The number of carbonyl (C=O) groups is 1. The number of aromatic nitrogens is 1. The summed E-state index contributed by atoms with van der Waals surface area (Å²) in [6.07, 6.45) is 2.18. The van der Waals surface area contributed by atoms with Crippen LogP contribution in [0.3, 0.4) is 0 Å². The van der Waals surface area contributed by atoms with Gasteiger partial charge in [0.05, 0.1) is 11.9 Å². The van der Waals surface area contributed by atoms with E-state index < -0.39 is 0 Å². The van der Waals surface area contributed by atoms with Gasteiger partial charge in [-0.05, 0) is 37.1 Å². The molecule has 4 heteroatoms. The van der Waals surface area contributed by atoms with Crippen LogP contribution < -0.4 is 10.2 Å². The van der Waals surface area contributed by atoms with E-state index in [0.29, 0.717) is 12.2 Å². The smallest absolute Gasteiger partial charge is 0.226 e. The van der Waals surface area contributed by atoms with Gasteiger partial charge in [0.25, 0.3) is 0 Å². The third kappa shape index (κ3) is 4.97. The average Bonchev–Trinajstić information content (AvgIpc) is 2.75. The number of pyridine rings is 1. The van der Waals surface area contributed by atoms with Gasteiger partial charge in [0, 0.05) is 25.4 Å². The minimum atomic E-state index is -0.0409. The first-order chi connectivity index (χ1) is 13.7. The maximum atomic E-state index is 12.7. The molecule has 0 unspecified atom stereocenters. The Bertz CT molecular complexity index is 820. The quantitative estimate of drug-likeness (QED) is 0.598. The van der Waals surface area contributed by atoms with Crippen molar-refractivity contribution in [1.29, 1.82) is 0 Å². The summed E-state index contributed by atoms with van der Waals surface area (Å²) in [6, 6.07) is 24.2. The van der Waals surface area contributed by atoms with Gasteiger partial charge in [-0.1, -0.05) is 60.7 Å². The molecule has 0 radical (unpaired) electrons. The number of anilines is 2. The van der Waals surface area contributed by atoms with Gasteiger partial charge in [0.15, 0.2) is 0 Å². The van der Waals surface area contributed by atoms with Crippen LogP contribution in [0.4, 0.5) is 11.5 Å². The maximum absolute atomic E-state index is 12.7. The van der Waals surface area contributed by atoms with Crippen molar-refractivity contribution in [1.82, 2.24) is 4.98 Å². The zero-order chi connectivity index (χ0) is 19.8. The SMILES string of the molecule is CCN(CC)c1ccc(NC(=O)CC(c2ccccc2)c2ccccc2)nc1. The van der Waals surface area contributed by atoms with Gasteiger partial charge in [0.1, 0.15) is 5.82 Å². The molecule has 0 saturated heterocycles. The zero-order valence-electron chi connectivity index (χ0n) is 16.5. The van der Waals surface area contributed by atoms with Crippen molar-refractivity contribution >= 4 is 17.4 Å². The number of nitrogens with one attached hydrogen (secondary N) is 1. The van der Waals surface area contributed by atoms with E-state index in [1.54, 1.807) is 0 Å². The largest absolute Gasteiger partial charge is 0.371 e. The van der Waals surface area contributed by atoms with Crippen LogP contribution in [0.5, 0.6) is 0 Å². The number of nitrogens with zero attached hydrogens (tertiary/aromatic N) is 2. The van der Waals surface area contributed by atoms with E-state index in [1.807, 2.05) is 54.7 Å². The predicted octanol–water partition coefficient (Wildman–Crippen LogP) is 5.09. The Balaban J connectivity index is 1.72. The standard InChI is InChI=1S/C24H27N3O/c1-3-27(4-2)21-15-16-23(25-18-21)26-24(28)17-22(19-11-7-5-8-12-19)20-13-9-6-10-14-20/h5-16,18,22H,3-4,17H2,1-2H3,(H,25,26,28). The minimum Gasteiger partial charge on any atom is -0.371 e. The monoisotopic (exact) mass is 373 g/mol. The Morgan fingerprint density at radius 3 is 1.93 bits per heavy atom. The van der Waals surface area contributed by atoms with Crippen molar-refractivity contribution in [3.8, 4) is 0 Å². The van der Waals surface area contributed by atoms with Gasteiger partial charge in [-0.15, -0.1) is 0 Å². The summed E-state index contributed by atoms with van der Waals surface area (Å²) in [6.45, 7) is 6.10. The molecule has 3 rings (SSSR count). The van der Waals surface area contributed by atoms with Gasteiger partial charge in [0.2, 0.25) is 5.91 Å². The molecule has 1 amide bonds. The molecule has 1 N–H and O–H groups in total.